The van der Waals surface area contributed by atoms with Crippen molar-refractivity contribution in [2.75, 3.05) is 6.61 Å². The fourth-order valence-electron chi connectivity index (χ4n) is 1.27. The molecular formula is C12H11NOS. The minimum absolute atomic E-state index is 0.0781. The first kappa shape index (κ1) is 10.1. The first-order valence-corrected chi connectivity index (χ1v) is 5.55. The van der Waals surface area contributed by atoms with E-state index in [-0.39, 0.29) is 6.61 Å². The molecule has 0 saturated heterocycles. The number of nitrogens with zero attached hydrogens (tertiary/aromatic N) is 1. The van der Waals surface area contributed by atoms with Crippen molar-refractivity contribution >= 4 is 17.4 Å². The van der Waals surface area contributed by atoms with Crippen LogP contribution in [-0.2, 0) is 0 Å². The van der Waals surface area contributed by atoms with Gasteiger partial charge in [-0.15, -0.1) is 11.3 Å². The van der Waals surface area contributed by atoms with Gasteiger partial charge in [-0.05, 0) is 29.1 Å². The number of pyridine rings is 1. The van der Waals surface area contributed by atoms with Crippen molar-refractivity contribution in [1.29, 1.82) is 0 Å². The minimum atomic E-state index is 0.0781. The zero-order valence-electron chi connectivity index (χ0n) is 8.13. The van der Waals surface area contributed by atoms with Crippen LogP contribution in [0.25, 0.3) is 16.6 Å². The second kappa shape index (κ2) is 4.87. The van der Waals surface area contributed by atoms with Crippen LogP contribution in [0.4, 0.5) is 0 Å². The van der Waals surface area contributed by atoms with Gasteiger partial charge in [0.25, 0.3) is 0 Å². The van der Waals surface area contributed by atoms with Crippen molar-refractivity contribution in [3.05, 3.63) is 47.5 Å². The molecule has 15 heavy (non-hydrogen) atoms. The van der Waals surface area contributed by atoms with Crippen LogP contribution in [0.1, 0.15) is 5.56 Å². The molecule has 2 aromatic rings. The van der Waals surface area contributed by atoms with Gasteiger partial charge in [-0.2, -0.15) is 0 Å². The molecule has 2 nitrogen and oxygen atoms in total. The Labute approximate surface area is 92.5 Å². The molecule has 2 heterocycles. The molecule has 0 amide bonds. The fraction of sp³-hybridized carbons (Fsp3) is 0.0833. The Balaban J connectivity index is 2.24. The summed E-state index contributed by atoms with van der Waals surface area (Å²) in [5.74, 6) is 0. The number of aliphatic hydroxyl groups is 1. The van der Waals surface area contributed by atoms with Gasteiger partial charge >= 0.3 is 0 Å². The van der Waals surface area contributed by atoms with Crippen LogP contribution in [-0.4, -0.2) is 16.7 Å². The Morgan fingerprint density at radius 1 is 1.40 bits per heavy atom. The van der Waals surface area contributed by atoms with Gasteiger partial charge in [0.2, 0.25) is 0 Å². The summed E-state index contributed by atoms with van der Waals surface area (Å²) in [6.07, 6.45) is 5.42. The van der Waals surface area contributed by atoms with Gasteiger partial charge in [0, 0.05) is 6.20 Å². The van der Waals surface area contributed by atoms with Crippen molar-refractivity contribution in [3.8, 4) is 10.6 Å². The first-order chi connectivity index (χ1) is 7.40. The molecule has 0 aliphatic carbocycles. The minimum Gasteiger partial charge on any atom is -0.392 e. The second-order valence-corrected chi connectivity index (χ2v) is 3.96. The normalized spacial score (nSPS) is 11.0. The third-order valence-electron chi connectivity index (χ3n) is 1.95. The molecule has 0 aliphatic rings. The maximum atomic E-state index is 8.66. The molecule has 76 valence electrons. The van der Waals surface area contributed by atoms with E-state index in [1.165, 1.54) is 0 Å². The molecule has 0 radical (unpaired) electrons. The lowest BCUT2D eigenvalue weighted by atomic mass is 10.2. The zero-order chi connectivity index (χ0) is 10.5. The molecule has 2 aromatic heterocycles. The largest absolute Gasteiger partial charge is 0.392 e. The highest BCUT2D eigenvalue weighted by atomic mass is 32.1. The van der Waals surface area contributed by atoms with E-state index >= 15 is 0 Å². The van der Waals surface area contributed by atoms with Crippen molar-refractivity contribution in [3.63, 3.8) is 0 Å². The van der Waals surface area contributed by atoms with Crippen LogP contribution in [0.5, 0.6) is 0 Å². The lowest BCUT2D eigenvalue weighted by molar-refractivity contribution is 0.343. The van der Waals surface area contributed by atoms with E-state index in [1.54, 1.807) is 23.6 Å². The number of rotatable bonds is 3. The number of aliphatic hydroxyl groups excluding tert-OH is 1. The summed E-state index contributed by atoms with van der Waals surface area (Å²) in [5.41, 5.74) is 2.10. The molecule has 1 N–H and O–H groups in total. The second-order valence-electron chi connectivity index (χ2n) is 3.04. The summed E-state index contributed by atoms with van der Waals surface area (Å²) in [5, 5.41) is 10.7. The van der Waals surface area contributed by atoms with Crippen LogP contribution in [0.2, 0.25) is 0 Å². The topological polar surface area (TPSA) is 33.1 Å². The molecule has 0 aliphatic heterocycles. The average Bonchev–Trinajstić information content (AvgIpc) is 2.76. The van der Waals surface area contributed by atoms with E-state index in [2.05, 4.69) is 16.4 Å². The molecule has 0 bridgehead atoms. The molecule has 3 heteroatoms. The van der Waals surface area contributed by atoms with Crippen molar-refractivity contribution in [1.82, 2.24) is 4.98 Å². The van der Waals surface area contributed by atoms with E-state index in [9.17, 15) is 0 Å². The quantitative estimate of drug-likeness (QED) is 0.857. The maximum Gasteiger partial charge on any atom is 0.0801 e. The summed E-state index contributed by atoms with van der Waals surface area (Å²) >= 11 is 1.66. The third-order valence-corrected chi connectivity index (χ3v) is 2.92. The van der Waals surface area contributed by atoms with Crippen LogP contribution in [0.15, 0.2) is 41.9 Å². The third kappa shape index (κ3) is 2.52. The smallest absolute Gasteiger partial charge is 0.0801 e. The molecule has 0 atom stereocenters. The molecule has 0 unspecified atom stereocenters. The van der Waals surface area contributed by atoms with Gasteiger partial charge < -0.3 is 5.11 Å². The lowest BCUT2D eigenvalue weighted by Crippen LogP contribution is -1.76. The standard InChI is InChI=1S/C12H11NOS/c14-7-3-4-10-8-12(15-9-10)11-5-1-2-6-13-11/h1-6,8-9,14H,7H2. The van der Waals surface area contributed by atoms with Gasteiger partial charge in [-0.1, -0.05) is 18.2 Å². The van der Waals surface area contributed by atoms with E-state index < -0.39 is 0 Å². The highest BCUT2D eigenvalue weighted by Gasteiger charge is 2.00. The van der Waals surface area contributed by atoms with E-state index in [0.29, 0.717) is 0 Å². The summed E-state index contributed by atoms with van der Waals surface area (Å²) in [6.45, 7) is 0.0781. The van der Waals surface area contributed by atoms with Crippen molar-refractivity contribution < 1.29 is 5.11 Å². The Bertz CT molecular complexity index is 448. The highest BCUT2D eigenvalue weighted by molar-refractivity contribution is 7.13. The highest BCUT2D eigenvalue weighted by Crippen LogP contribution is 2.25. The van der Waals surface area contributed by atoms with Crippen LogP contribution in [0, 0.1) is 0 Å². The molecule has 0 fully saturated rings. The predicted octanol–water partition coefficient (Wildman–Crippen LogP) is 2.82. The Morgan fingerprint density at radius 2 is 2.33 bits per heavy atom. The van der Waals surface area contributed by atoms with Gasteiger partial charge in [0.05, 0.1) is 17.2 Å². The van der Waals surface area contributed by atoms with E-state index in [4.69, 9.17) is 5.11 Å². The van der Waals surface area contributed by atoms with Crippen LogP contribution >= 0.6 is 11.3 Å². The summed E-state index contributed by atoms with van der Waals surface area (Å²) in [4.78, 5) is 5.43. The summed E-state index contributed by atoms with van der Waals surface area (Å²) in [7, 11) is 0. The van der Waals surface area contributed by atoms with E-state index in [1.807, 2.05) is 24.3 Å². The van der Waals surface area contributed by atoms with Crippen LogP contribution in [0.3, 0.4) is 0 Å². The SMILES string of the molecule is OCC=Cc1csc(-c2ccccn2)c1. The lowest BCUT2D eigenvalue weighted by Gasteiger charge is -1.92. The summed E-state index contributed by atoms with van der Waals surface area (Å²) < 4.78 is 0. The Morgan fingerprint density at radius 3 is 3.07 bits per heavy atom. The van der Waals surface area contributed by atoms with Gasteiger partial charge in [0.15, 0.2) is 0 Å². The summed E-state index contributed by atoms with van der Waals surface area (Å²) in [6, 6.07) is 7.94. The van der Waals surface area contributed by atoms with Crippen molar-refractivity contribution in [2.45, 2.75) is 0 Å². The van der Waals surface area contributed by atoms with Gasteiger partial charge in [0.1, 0.15) is 0 Å². The van der Waals surface area contributed by atoms with Gasteiger partial charge in [-0.25, -0.2) is 0 Å². The van der Waals surface area contributed by atoms with Crippen LogP contribution < -0.4 is 0 Å². The Hall–Kier alpha value is -1.45. The van der Waals surface area contributed by atoms with Gasteiger partial charge in [-0.3, -0.25) is 4.98 Å². The molecule has 0 spiro atoms. The fourth-order valence-corrected chi connectivity index (χ4v) is 2.13. The first-order valence-electron chi connectivity index (χ1n) is 4.67. The van der Waals surface area contributed by atoms with Crippen molar-refractivity contribution in [2.24, 2.45) is 0 Å². The molecule has 2 rings (SSSR count). The predicted molar refractivity (Wildman–Crippen MR) is 63.7 cm³/mol. The maximum absolute atomic E-state index is 8.66. The van der Waals surface area contributed by atoms with E-state index in [0.717, 1.165) is 16.1 Å². The number of aromatic nitrogens is 1. The average molecular weight is 217 g/mol. The Kier molecular flexibility index (Phi) is 3.27. The zero-order valence-corrected chi connectivity index (χ0v) is 8.95. The molecule has 0 aromatic carbocycles. The monoisotopic (exact) mass is 217 g/mol. The number of hydrogen-bond donors (Lipinski definition) is 1. The molecule has 0 saturated carbocycles. The molecular weight excluding hydrogens is 206 g/mol. The number of hydrogen-bond acceptors (Lipinski definition) is 3. The number of thiophene rings is 1.